The second-order valence-corrected chi connectivity index (χ2v) is 7.46. The molecule has 3 aromatic rings. The van der Waals surface area contributed by atoms with Crippen LogP contribution >= 0.6 is 11.3 Å². The van der Waals surface area contributed by atoms with E-state index in [1.54, 1.807) is 25.1 Å². The van der Waals surface area contributed by atoms with E-state index in [2.05, 4.69) is 10.3 Å². The van der Waals surface area contributed by atoms with Gasteiger partial charge in [-0.15, -0.1) is 11.3 Å². The lowest BCUT2D eigenvalue weighted by Gasteiger charge is -2.12. The molecule has 0 aliphatic carbocycles. The van der Waals surface area contributed by atoms with E-state index in [0.29, 0.717) is 34.4 Å². The van der Waals surface area contributed by atoms with Gasteiger partial charge in [0.2, 0.25) is 0 Å². The highest BCUT2D eigenvalue weighted by molar-refractivity contribution is 7.17. The molecule has 0 saturated carbocycles. The lowest BCUT2D eigenvalue weighted by atomic mass is 10.2. The molecule has 0 radical (unpaired) electrons. The third kappa shape index (κ3) is 5.52. The largest absolute Gasteiger partial charge is 0.494 e. The van der Waals surface area contributed by atoms with Crippen LogP contribution in [-0.2, 0) is 4.79 Å². The lowest BCUT2D eigenvalue weighted by molar-refractivity contribution is -0.119. The van der Waals surface area contributed by atoms with Gasteiger partial charge in [0.15, 0.2) is 18.1 Å². The molecule has 31 heavy (non-hydrogen) atoms. The molecular weight excluding hydrogens is 418 g/mol. The Bertz CT molecular complexity index is 1080. The predicted molar refractivity (Wildman–Crippen MR) is 119 cm³/mol. The van der Waals surface area contributed by atoms with Gasteiger partial charge in [0.25, 0.3) is 11.8 Å². The maximum absolute atomic E-state index is 12.8. The molecule has 8 nitrogen and oxygen atoms in total. The molecule has 0 aliphatic rings. The fourth-order valence-electron chi connectivity index (χ4n) is 2.79. The minimum Gasteiger partial charge on any atom is -0.494 e. The number of primary amides is 1. The summed E-state index contributed by atoms with van der Waals surface area (Å²) in [5, 5.41) is 3.57. The fourth-order valence-corrected chi connectivity index (χ4v) is 3.76. The van der Waals surface area contributed by atoms with Gasteiger partial charge < -0.3 is 25.3 Å². The highest BCUT2D eigenvalue weighted by atomic mass is 32.1. The monoisotopic (exact) mass is 441 g/mol. The Morgan fingerprint density at radius 1 is 1.10 bits per heavy atom. The number of carbonyl (C=O) groups is 2. The third-order valence-electron chi connectivity index (χ3n) is 4.21. The summed E-state index contributed by atoms with van der Waals surface area (Å²) in [5.74, 6) is 0.601. The smallest absolute Gasteiger partial charge is 0.267 e. The number of ether oxygens (including phenoxy) is 3. The number of methoxy groups -OCH3 is 1. The van der Waals surface area contributed by atoms with Crippen LogP contribution in [0.25, 0.3) is 10.6 Å². The summed E-state index contributed by atoms with van der Waals surface area (Å²) < 4.78 is 16.0. The maximum atomic E-state index is 12.8. The molecule has 1 heterocycles. The zero-order valence-electron chi connectivity index (χ0n) is 17.4. The number of anilines is 1. The van der Waals surface area contributed by atoms with Crippen LogP contribution in [0.1, 0.15) is 22.3 Å². The SMILES string of the molecule is CCOc1ccc(-c2nc(C)c(C(=O)Nc3ccc(OC)c(OCC(N)=O)c3)s2)cc1. The summed E-state index contributed by atoms with van der Waals surface area (Å²) in [6.07, 6.45) is 0. The van der Waals surface area contributed by atoms with Gasteiger partial charge in [0, 0.05) is 17.3 Å². The summed E-state index contributed by atoms with van der Waals surface area (Å²) in [4.78, 5) is 28.9. The van der Waals surface area contributed by atoms with Gasteiger partial charge in [0.1, 0.15) is 15.6 Å². The van der Waals surface area contributed by atoms with Crippen LogP contribution in [0.3, 0.4) is 0 Å². The Morgan fingerprint density at radius 3 is 2.48 bits per heavy atom. The molecule has 0 spiro atoms. The number of nitrogens with zero attached hydrogens (tertiary/aromatic N) is 1. The van der Waals surface area contributed by atoms with Gasteiger partial charge in [0.05, 0.1) is 19.4 Å². The van der Waals surface area contributed by atoms with E-state index in [0.717, 1.165) is 16.3 Å². The number of hydrogen-bond acceptors (Lipinski definition) is 7. The Kier molecular flexibility index (Phi) is 7.09. The minimum atomic E-state index is -0.612. The van der Waals surface area contributed by atoms with Crippen LogP contribution in [0.5, 0.6) is 17.2 Å². The summed E-state index contributed by atoms with van der Waals surface area (Å²) in [5.41, 5.74) is 7.15. The summed E-state index contributed by atoms with van der Waals surface area (Å²) >= 11 is 1.30. The normalized spacial score (nSPS) is 10.4. The molecule has 2 aromatic carbocycles. The van der Waals surface area contributed by atoms with Crippen LogP contribution in [0.15, 0.2) is 42.5 Å². The summed E-state index contributed by atoms with van der Waals surface area (Å²) in [6.45, 7) is 4.02. The zero-order chi connectivity index (χ0) is 22.4. The Hall–Kier alpha value is -3.59. The van der Waals surface area contributed by atoms with Gasteiger partial charge in [-0.3, -0.25) is 9.59 Å². The van der Waals surface area contributed by atoms with Crippen molar-refractivity contribution in [1.29, 1.82) is 0 Å². The van der Waals surface area contributed by atoms with Crippen molar-refractivity contribution < 1.29 is 23.8 Å². The van der Waals surface area contributed by atoms with Crippen molar-refractivity contribution in [3.63, 3.8) is 0 Å². The zero-order valence-corrected chi connectivity index (χ0v) is 18.2. The number of thiazole rings is 1. The van der Waals surface area contributed by atoms with Gasteiger partial charge in [-0.1, -0.05) is 0 Å². The summed E-state index contributed by atoms with van der Waals surface area (Å²) in [7, 11) is 1.48. The first-order valence-corrected chi connectivity index (χ1v) is 10.3. The second-order valence-electron chi connectivity index (χ2n) is 6.47. The van der Waals surface area contributed by atoms with E-state index in [1.807, 2.05) is 31.2 Å². The average molecular weight is 442 g/mol. The fraction of sp³-hybridized carbons (Fsp3) is 0.227. The van der Waals surface area contributed by atoms with Crippen LogP contribution in [-0.4, -0.2) is 37.1 Å². The topological polar surface area (TPSA) is 113 Å². The number of nitrogens with two attached hydrogens (primary N) is 1. The molecule has 9 heteroatoms. The Labute approximate surface area is 184 Å². The van der Waals surface area contributed by atoms with Crippen LogP contribution in [0, 0.1) is 6.92 Å². The second kappa shape index (κ2) is 9.94. The van der Waals surface area contributed by atoms with Crippen molar-refractivity contribution in [3.05, 3.63) is 53.0 Å². The van der Waals surface area contributed by atoms with Crippen molar-refractivity contribution in [2.75, 3.05) is 25.6 Å². The van der Waals surface area contributed by atoms with Crippen molar-refractivity contribution >= 4 is 28.8 Å². The molecule has 2 amide bonds. The van der Waals surface area contributed by atoms with E-state index in [-0.39, 0.29) is 12.5 Å². The van der Waals surface area contributed by atoms with E-state index >= 15 is 0 Å². The maximum Gasteiger partial charge on any atom is 0.267 e. The Balaban J connectivity index is 1.77. The molecule has 3 N–H and O–H groups in total. The first-order valence-electron chi connectivity index (χ1n) is 9.52. The van der Waals surface area contributed by atoms with Gasteiger partial charge in [-0.25, -0.2) is 4.98 Å². The number of amides is 2. The van der Waals surface area contributed by atoms with Gasteiger partial charge in [-0.2, -0.15) is 0 Å². The molecule has 0 fully saturated rings. The molecule has 162 valence electrons. The number of carbonyl (C=O) groups excluding carboxylic acids is 2. The molecule has 0 unspecified atom stereocenters. The molecule has 3 rings (SSSR count). The van der Waals surface area contributed by atoms with Crippen LogP contribution in [0.4, 0.5) is 5.69 Å². The van der Waals surface area contributed by atoms with Crippen LogP contribution in [0.2, 0.25) is 0 Å². The lowest BCUT2D eigenvalue weighted by Crippen LogP contribution is -2.20. The first-order chi connectivity index (χ1) is 14.9. The third-order valence-corrected chi connectivity index (χ3v) is 5.41. The standard InChI is InChI=1S/C22H23N3O5S/c1-4-29-16-8-5-14(6-9-16)22-24-13(2)20(31-22)21(27)25-15-7-10-17(28-3)18(11-15)30-12-19(23)26/h5-11H,4,12H2,1-3H3,(H2,23,26)(H,25,27). The highest BCUT2D eigenvalue weighted by Crippen LogP contribution is 2.32. The van der Waals surface area contributed by atoms with E-state index in [1.165, 1.54) is 18.4 Å². The van der Waals surface area contributed by atoms with Gasteiger partial charge in [-0.05, 0) is 50.2 Å². The van der Waals surface area contributed by atoms with E-state index in [9.17, 15) is 9.59 Å². The number of benzene rings is 2. The number of aromatic nitrogens is 1. The molecule has 0 atom stereocenters. The van der Waals surface area contributed by atoms with Crippen molar-refractivity contribution in [2.45, 2.75) is 13.8 Å². The molecule has 0 saturated heterocycles. The van der Waals surface area contributed by atoms with E-state index in [4.69, 9.17) is 19.9 Å². The summed E-state index contributed by atoms with van der Waals surface area (Å²) in [6, 6.07) is 12.5. The highest BCUT2D eigenvalue weighted by Gasteiger charge is 2.17. The molecule has 1 aromatic heterocycles. The molecular formula is C22H23N3O5S. The van der Waals surface area contributed by atoms with E-state index < -0.39 is 5.91 Å². The number of rotatable bonds is 9. The molecule has 0 aliphatic heterocycles. The number of aryl methyl sites for hydroxylation is 1. The number of hydrogen-bond donors (Lipinski definition) is 2. The van der Waals surface area contributed by atoms with Gasteiger partial charge >= 0.3 is 0 Å². The van der Waals surface area contributed by atoms with Crippen molar-refractivity contribution in [1.82, 2.24) is 4.98 Å². The van der Waals surface area contributed by atoms with Crippen molar-refractivity contribution in [3.8, 4) is 27.8 Å². The van der Waals surface area contributed by atoms with Crippen LogP contribution < -0.4 is 25.3 Å². The Morgan fingerprint density at radius 2 is 1.84 bits per heavy atom. The number of nitrogens with one attached hydrogen (secondary N) is 1. The average Bonchev–Trinajstić information content (AvgIpc) is 3.15. The predicted octanol–water partition coefficient (Wildman–Crippen LogP) is 3.64. The first kappa shape index (κ1) is 22.1. The minimum absolute atomic E-state index is 0.293. The van der Waals surface area contributed by atoms with Crippen molar-refractivity contribution in [2.24, 2.45) is 5.73 Å². The molecule has 0 bridgehead atoms. The quantitative estimate of drug-likeness (QED) is 0.524.